The van der Waals surface area contributed by atoms with Crippen LogP contribution in [0.15, 0.2) is 0 Å². The monoisotopic (exact) mass is 222 g/mol. The molecule has 0 atom stereocenters. The highest BCUT2D eigenvalue weighted by atomic mass is 16.4. The summed E-state index contributed by atoms with van der Waals surface area (Å²) in [5, 5.41) is 17.9. The van der Waals surface area contributed by atoms with E-state index in [1.807, 2.05) is 0 Å². The molecule has 0 aliphatic carbocycles. The van der Waals surface area contributed by atoms with E-state index in [4.69, 9.17) is 23.1 Å². The van der Waals surface area contributed by atoms with Crippen LogP contribution in [0.2, 0.25) is 0 Å². The number of carbonyl (C=O) groups is 2. The van der Waals surface area contributed by atoms with Crippen molar-refractivity contribution in [3.05, 3.63) is 0 Å². The fourth-order valence-electron chi connectivity index (χ4n) is 1.50. The lowest BCUT2D eigenvalue weighted by Gasteiger charge is -2.26. The van der Waals surface area contributed by atoms with Gasteiger partial charge in [-0.15, -0.1) is 24.7 Å². The van der Waals surface area contributed by atoms with Crippen LogP contribution < -0.4 is 0 Å². The van der Waals surface area contributed by atoms with Crippen molar-refractivity contribution >= 4 is 11.9 Å². The van der Waals surface area contributed by atoms with Gasteiger partial charge < -0.3 is 10.2 Å². The van der Waals surface area contributed by atoms with Crippen molar-refractivity contribution < 1.29 is 19.8 Å². The number of hydrogen-bond donors (Lipinski definition) is 2. The van der Waals surface area contributed by atoms with Crippen molar-refractivity contribution in [1.82, 2.24) is 0 Å². The largest absolute Gasteiger partial charge is 0.481 e. The zero-order chi connectivity index (χ0) is 12.6. The number of rotatable bonds is 7. The summed E-state index contributed by atoms with van der Waals surface area (Å²) >= 11 is 0. The lowest BCUT2D eigenvalue weighted by Crippen LogP contribution is -2.33. The van der Waals surface area contributed by atoms with Gasteiger partial charge in [0.15, 0.2) is 0 Å². The molecule has 0 aromatic heterocycles. The van der Waals surface area contributed by atoms with Crippen LogP contribution in [0.5, 0.6) is 0 Å². The molecule has 2 N–H and O–H groups in total. The summed E-state index contributed by atoms with van der Waals surface area (Å²) in [4.78, 5) is 21.8. The van der Waals surface area contributed by atoms with E-state index in [0.717, 1.165) is 0 Å². The third kappa shape index (κ3) is 4.06. The van der Waals surface area contributed by atoms with Gasteiger partial charge >= 0.3 is 11.9 Å². The normalized spacial score (nSPS) is 10.1. The molecule has 0 saturated heterocycles. The summed E-state index contributed by atoms with van der Waals surface area (Å²) in [5.74, 6) is 2.33. The van der Waals surface area contributed by atoms with Gasteiger partial charge in [0.1, 0.15) is 0 Å². The zero-order valence-corrected chi connectivity index (χ0v) is 8.90. The molecule has 4 heteroatoms. The Kier molecular flexibility index (Phi) is 5.74. The molecular weight excluding hydrogens is 208 g/mol. The molecule has 0 aromatic carbocycles. The van der Waals surface area contributed by atoms with Crippen LogP contribution in [-0.4, -0.2) is 22.2 Å². The first-order chi connectivity index (χ1) is 7.48. The third-order valence-electron chi connectivity index (χ3n) is 2.44. The highest BCUT2D eigenvalue weighted by Crippen LogP contribution is 2.34. The van der Waals surface area contributed by atoms with E-state index in [9.17, 15) is 9.59 Å². The molecule has 0 amide bonds. The third-order valence-corrected chi connectivity index (χ3v) is 2.44. The molecule has 16 heavy (non-hydrogen) atoms. The molecule has 0 spiro atoms. The van der Waals surface area contributed by atoms with Gasteiger partial charge in [0, 0.05) is 12.8 Å². The van der Waals surface area contributed by atoms with Crippen LogP contribution in [0.4, 0.5) is 0 Å². The zero-order valence-electron chi connectivity index (χ0n) is 8.90. The average molecular weight is 222 g/mol. The summed E-state index contributed by atoms with van der Waals surface area (Å²) in [7, 11) is 0. The van der Waals surface area contributed by atoms with Crippen molar-refractivity contribution in [3.8, 4) is 24.7 Å². The van der Waals surface area contributed by atoms with Gasteiger partial charge in [0.05, 0.1) is 11.8 Å². The van der Waals surface area contributed by atoms with Gasteiger partial charge in [-0.3, -0.25) is 9.59 Å². The summed E-state index contributed by atoms with van der Waals surface area (Å²) in [6, 6.07) is 0. The molecule has 0 radical (unpaired) electrons. The Morgan fingerprint density at radius 3 is 1.75 bits per heavy atom. The molecule has 0 fully saturated rings. The summed E-state index contributed by atoms with van der Waals surface area (Å²) in [6.45, 7) is 0. The van der Waals surface area contributed by atoms with Gasteiger partial charge in [-0.2, -0.15) is 0 Å². The van der Waals surface area contributed by atoms with E-state index < -0.39 is 23.8 Å². The van der Waals surface area contributed by atoms with Crippen LogP contribution in [0.1, 0.15) is 32.1 Å². The Morgan fingerprint density at radius 2 is 1.50 bits per heavy atom. The Balaban J connectivity index is 4.90. The second kappa shape index (κ2) is 6.53. The van der Waals surface area contributed by atoms with Crippen molar-refractivity contribution in [2.24, 2.45) is 5.41 Å². The maximum Gasteiger partial charge on any atom is 0.310 e. The van der Waals surface area contributed by atoms with Gasteiger partial charge in [-0.25, -0.2) is 0 Å². The molecule has 0 aromatic rings. The van der Waals surface area contributed by atoms with Crippen LogP contribution >= 0.6 is 0 Å². The number of carboxylic acid groups (broad SMARTS) is 2. The summed E-state index contributed by atoms with van der Waals surface area (Å²) in [6.07, 6.45) is 10.4. The van der Waals surface area contributed by atoms with E-state index in [1.54, 1.807) is 0 Å². The SMILES string of the molecule is C#CCCC(CCC#C)(CC(=O)O)C(=O)O. The fourth-order valence-corrected chi connectivity index (χ4v) is 1.50. The first kappa shape index (κ1) is 14.1. The molecule has 0 rings (SSSR count). The average Bonchev–Trinajstić information content (AvgIpc) is 2.21. The second-order valence-electron chi connectivity index (χ2n) is 3.56. The van der Waals surface area contributed by atoms with E-state index in [-0.39, 0.29) is 25.7 Å². The molecule has 86 valence electrons. The summed E-state index contributed by atoms with van der Waals surface area (Å²) < 4.78 is 0. The van der Waals surface area contributed by atoms with Gasteiger partial charge in [0.25, 0.3) is 0 Å². The van der Waals surface area contributed by atoms with Crippen LogP contribution in [-0.2, 0) is 9.59 Å². The minimum atomic E-state index is -1.34. The first-order valence-corrected chi connectivity index (χ1v) is 4.80. The van der Waals surface area contributed by atoms with Crippen LogP contribution in [0.3, 0.4) is 0 Å². The minimum Gasteiger partial charge on any atom is -0.481 e. The Morgan fingerprint density at radius 1 is 1.06 bits per heavy atom. The molecule has 0 saturated carbocycles. The molecule has 0 aliphatic rings. The predicted molar refractivity (Wildman–Crippen MR) is 58.5 cm³/mol. The van der Waals surface area contributed by atoms with Crippen molar-refractivity contribution in [1.29, 1.82) is 0 Å². The second-order valence-corrected chi connectivity index (χ2v) is 3.56. The lowest BCUT2D eigenvalue weighted by molar-refractivity contribution is -0.156. The van der Waals surface area contributed by atoms with Crippen molar-refractivity contribution in [2.75, 3.05) is 0 Å². The fraction of sp³-hybridized carbons (Fsp3) is 0.500. The molecule has 0 unspecified atom stereocenters. The number of aliphatic carboxylic acids is 2. The standard InChI is InChI=1S/C12H14O4/c1-3-5-7-12(11(15)16,8-6-4-2)9-10(13)14/h1-2H,5-9H2,(H,13,14)(H,15,16). The maximum absolute atomic E-state index is 11.2. The van der Waals surface area contributed by atoms with Crippen molar-refractivity contribution in [3.63, 3.8) is 0 Å². The quantitative estimate of drug-likeness (QED) is 0.638. The molecule has 4 nitrogen and oxygen atoms in total. The van der Waals surface area contributed by atoms with E-state index >= 15 is 0 Å². The lowest BCUT2D eigenvalue weighted by atomic mass is 9.76. The summed E-state index contributed by atoms with van der Waals surface area (Å²) in [5.41, 5.74) is -1.34. The Bertz CT molecular complexity index is 325. The maximum atomic E-state index is 11.2. The van der Waals surface area contributed by atoms with Gasteiger partial charge in [-0.05, 0) is 12.8 Å². The van der Waals surface area contributed by atoms with E-state index in [0.29, 0.717) is 0 Å². The molecular formula is C12H14O4. The first-order valence-electron chi connectivity index (χ1n) is 4.80. The topological polar surface area (TPSA) is 74.6 Å². The number of carboxylic acids is 2. The Hall–Kier alpha value is -1.94. The highest BCUT2D eigenvalue weighted by molar-refractivity contribution is 5.81. The molecule has 0 bridgehead atoms. The molecule has 0 heterocycles. The smallest absolute Gasteiger partial charge is 0.310 e. The minimum absolute atomic E-state index is 0.132. The highest BCUT2D eigenvalue weighted by Gasteiger charge is 2.39. The van der Waals surface area contributed by atoms with Crippen molar-refractivity contribution in [2.45, 2.75) is 32.1 Å². The van der Waals surface area contributed by atoms with Gasteiger partial charge in [0.2, 0.25) is 0 Å². The Labute approximate surface area is 94.7 Å². The molecule has 0 aliphatic heterocycles. The van der Waals surface area contributed by atoms with E-state index in [1.165, 1.54) is 0 Å². The van der Waals surface area contributed by atoms with E-state index in [2.05, 4.69) is 11.8 Å². The number of hydrogen-bond acceptors (Lipinski definition) is 2. The van der Waals surface area contributed by atoms with Gasteiger partial charge in [-0.1, -0.05) is 0 Å². The predicted octanol–water partition coefficient (Wildman–Crippen LogP) is 1.36. The van der Waals surface area contributed by atoms with Crippen LogP contribution in [0.25, 0.3) is 0 Å². The number of terminal acetylenes is 2. The van der Waals surface area contributed by atoms with Crippen LogP contribution in [0, 0.1) is 30.1 Å².